The minimum atomic E-state index is 0.284. The van der Waals surface area contributed by atoms with Crippen molar-refractivity contribution >= 4 is 0 Å². The number of aryl methyl sites for hydroxylation is 1. The minimum absolute atomic E-state index is 0.284. The van der Waals surface area contributed by atoms with Gasteiger partial charge in [-0.25, -0.2) is 0 Å². The summed E-state index contributed by atoms with van der Waals surface area (Å²) in [6.07, 6.45) is 2.25. The van der Waals surface area contributed by atoms with Crippen LogP contribution >= 0.6 is 0 Å². The minimum Gasteiger partial charge on any atom is -0.327 e. The Morgan fingerprint density at radius 2 is 1.74 bits per heavy atom. The van der Waals surface area contributed by atoms with Crippen LogP contribution in [0.3, 0.4) is 0 Å². The van der Waals surface area contributed by atoms with Crippen molar-refractivity contribution in [2.75, 3.05) is 0 Å². The maximum Gasteiger partial charge on any atom is 0.0114 e. The van der Waals surface area contributed by atoms with Crippen LogP contribution in [-0.2, 0) is 6.42 Å². The summed E-state index contributed by atoms with van der Waals surface area (Å²) in [4.78, 5) is 0. The van der Waals surface area contributed by atoms with Crippen LogP contribution in [0.1, 0.15) is 29.0 Å². The van der Waals surface area contributed by atoms with Crippen molar-refractivity contribution in [3.05, 3.63) is 71.3 Å². The third-order valence-electron chi connectivity index (χ3n) is 4.33. The van der Waals surface area contributed by atoms with E-state index in [1.807, 2.05) is 0 Å². The molecule has 1 fully saturated rings. The second-order valence-corrected chi connectivity index (χ2v) is 5.71. The number of nitrogens with two attached hydrogens (primary N) is 1. The Kier molecular flexibility index (Phi) is 3.39. The van der Waals surface area contributed by atoms with Gasteiger partial charge in [0.1, 0.15) is 0 Å². The first-order valence-electron chi connectivity index (χ1n) is 7.11. The summed E-state index contributed by atoms with van der Waals surface area (Å²) in [5.74, 6) is 1.34. The molecule has 0 spiro atoms. The van der Waals surface area contributed by atoms with Crippen molar-refractivity contribution in [2.45, 2.75) is 31.7 Å². The van der Waals surface area contributed by atoms with Gasteiger partial charge >= 0.3 is 0 Å². The predicted molar refractivity (Wildman–Crippen MR) is 80.1 cm³/mol. The lowest BCUT2D eigenvalue weighted by Gasteiger charge is -2.13. The van der Waals surface area contributed by atoms with Crippen molar-refractivity contribution in [2.24, 2.45) is 11.7 Å². The molecule has 0 heterocycles. The Bertz CT molecular complexity index is 547. The predicted octanol–water partition coefficient (Wildman–Crippen LogP) is 3.67. The molecule has 1 nitrogen and oxygen atoms in total. The Morgan fingerprint density at radius 1 is 1.05 bits per heavy atom. The van der Waals surface area contributed by atoms with Crippen molar-refractivity contribution < 1.29 is 0 Å². The molecule has 19 heavy (non-hydrogen) atoms. The third-order valence-corrected chi connectivity index (χ3v) is 4.33. The van der Waals surface area contributed by atoms with E-state index in [2.05, 4.69) is 61.5 Å². The molecule has 1 saturated carbocycles. The quantitative estimate of drug-likeness (QED) is 0.881. The Hall–Kier alpha value is -1.60. The van der Waals surface area contributed by atoms with E-state index in [0.717, 1.165) is 6.42 Å². The summed E-state index contributed by atoms with van der Waals surface area (Å²) in [5.41, 5.74) is 10.6. The summed E-state index contributed by atoms with van der Waals surface area (Å²) in [5, 5.41) is 0. The summed E-state index contributed by atoms with van der Waals surface area (Å²) in [6, 6.07) is 19.6. The molecule has 2 aromatic carbocycles. The van der Waals surface area contributed by atoms with Crippen LogP contribution in [0, 0.1) is 12.8 Å². The van der Waals surface area contributed by atoms with E-state index in [1.54, 1.807) is 0 Å². The second-order valence-electron chi connectivity index (χ2n) is 5.71. The Labute approximate surface area is 115 Å². The highest BCUT2D eigenvalue weighted by molar-refractivity contribution is 5.30. The lowest BCUT2D eigenvalue weighted by molar-refractivity contribution is 0.576. The smallest absolute Gasteiger partial charge is 0.0114 e. The molecule has 1 heteroatoms. The van der Waals surface area contributed by atoms with Gasteiger partial charge in [-0.1, -0.05) is 54.6 Å². The van der Waals surface area contributed by atoms with E-state index in [9.17, 15) is 0 Å². The fourth-order valence-corrected chi connectivity index (χ4v) is 3.02. The second kappa shape index (κ2) is 5.18. The van der Waals surface area contributed by atoms with Gasteiger partial charge in [0.15, 0.2) is 0 Å². The van der Waals surface area contributed by atoms with Gasteiger partial charge in [-0.05, 0) is 48.3 Å². The van der Waals surface area contributed by atoms with Crippen molar-refractivity contribution in [1.29, 1.82) is 0 Å². The molecule has 1 aliphatic carbocycles. The zero-order valence-corrected chi connectivity index (χ0v) is 11.4. The zero-order chi connectivity index (χ0) is 13.2. The summed E-state index contributed by atoms with van der Waals surface area (Å²) in [7, 11) is 0. The fourth-order valence-electron chi connectivity index (χ4n) is 3.02. The summed E-state index contributed by atoms with van der Waals surface area (Å²) < 4.78 is 0. The summed E-state index contributed by atoms with van der Waals surface area (Å²) >= 11 is 0. The van der Waals surface area contributed by atoms with Crippen LogP contribution in [-0.4, -0.2) is 6.04 Å². The van der Waals surface area contributed by atoms with Gasteiger partial charge in [-0.3, -0.25) is 0 Å². The van der Waals surface area contributed by atoms with Crippen LogP contribution < -0.4 is 5.73 Å². The normalized spacial score (nSPS) is 23.1. The maximum absolute atomic E-state index is 6.41. The van der Waals surface area contributed by atoms with Gasteiger partial charge in [0, 0.05) is 6.04 Å². The molecule has 2 N–H and O–H groups in total. The summed E-state index contributed by atoms with van der Waals surface area (Å²) in [6.45, 7) is 2.17. The Balaban J connectivity index is 1.64. The molecule has 0 amide bonds. The molecule has 0 aromatic heterocycles. The first-order chi connectivity index (χ1) is 9.25. The molecule has 0 aliphatic heterocycles. The van der Waals surface area contributed by atoms with Crippen LogP contribution in [0.5, 0.6) is 0 Å². The molecule has 1 aliphatic rings. The molecular weight excluding hydrogens is 230 g/mol. The average Bonchev–Trinajstić information content (AvgIpc) is 3.23. The van der Waals surface area contributed by atoms with Gasteiger partial charge in [-0.2, -0.15) is 0 Å². The SMILES string of the molecule is Cc1ccccc1CC(N)C1CC1c1ccccc1. The fraction of sp³-hybridized carbons (Fsp3) is 0.333. The molecular formula is C18H21N. The van der Waals surface area contributed by atoms with Crippen molar-refractivity contribution in [3.8, 4) is 0 Å². The van der Waals surface area contributed by atoms with E-state index >= 15 is 0 Å². The van der Waals surface area contributed by atoms with E-state index in [-0.39, 0.29) is 6.04 Å². The standard InChI is InChI=1S/C18H21N/c1-13-7-5-6-10-15(13)11-18(19)17-12-16(17)14-8-3-2-4-9-14/h2-10,16-18H,11-12,19H2,1H3. The van der Waals surface area contributed by atoms with Gasteiger partial charge in [0.2, 0.25) is 0 Å². The van der Waals surface area contributed by atoms with Crippen LogP contribution in [0.2, 0.25) is 0 Å². The third kappa shape index (κ3) is 2.71. The lowest BCUT2D eigenvalue weighted by Crippen LogP contribution is -2.26. The topological polar surface area (TPSA) is 26.0 Å². The van der Waals surface area contributed by atoms with Gasteiger partial charge in [0.05, 0.1) is 0 Å². The molecule has 3 atom stereocenters. The van der Waals surface area contributed by atoms with Crippen molar-refractivity contribution in [1.82, 2.24) is 0 Å². The largest absolute Gasteiger partial charge is 0.327 e. The molecule has 0 saturated heterocycles. The highest BCUT2D eigenvalue weighted by atomic mass is 14.7. The lowest BCUT2D eigenvalue weighted by atomic mass is 9.97. The van der Waals surface area contributed by atoms with Crippen LogP contribution in [0.15, 0.2) is 54.6 Å². The van der Waals surface area contributed by atoms with E-state index < -0.39 is 0 Å². The zero-order valence-electron chi connectivity index (χ0n) is 11.4. The van der Waals surface area contributed by atoms with Crippen LogP contribution in [0.4, 0.5) is 0 Å². The molecule has 3 unspecified atom stereocenters. The Morgan fingerprint density at radius 3 is 2.47 bits per heavy atom. The van der Waals surface area contributed by atoms with Crippen molar-refractivity contribution in [3.63, 3.8) is 0 Å². The van der Waals surface area contributed by atoms with E-state index in [0.29, 0.717) is 11.8 Å². The van der Waals surface area contributed by atoms with E-state index in [1.165, 1.54) is 23.1 Å². The number of hydrogen-bond donors (Lipinski definition) is 1. The molecule has 2 aromatic rings. The number of benzene rings is 2. The average molecular weight is 251 g/mol. The first-order valence-corrected chi connectivity index (χ1v) is 7.11. The molecule has 98 valence electrons. The van der Waals surface area contributed by atoms with Gasteiger partial charge in [0.25, 0.3) is 0 Å². The highest BCUT2D eigenvalue weighted by Crippen LogP contribution is 2.49. The maximum atomic E-state index is 6.41. The first kappa shape index (κ1) is 12.4. The monoisotopic (exact) mass is 251 g/mol. The number of rotatable bonds is 4. The van der Waals surface area contributed by atoms with E-state index in [4.69, 9.17) is 5.73 Å². The van der Waals surface area contributed by atoms with Gasteiger partial charge in [-0.15, -0.1) is 0 Å². The highest BCUT2D eigenvalue weighted by Gasteiger charge is 2.42. The van der Waals surface area contributed by atoms with Crippen LogP contribution in [0.25, 0.3) is 0 Å². The van der Waals surface area contributed by atoms with Gasteiger partial charge < -0.3 is 5.73 Å². The molecule has 3 rings (SSSR count). The molecule has 0 radical (unpaired) electrons. The number of hydrogen-bond acceptors (Lipinski definition) is 1. The molecule has 0 bridgehead atoms.